The van der Waals surface area contributed by atoms with E-state index in [1.54, 1.807) is 51.1 Å². The lowest BCUT2D eigenvalue weighted by Crippen LogP contribution is -2.48. The molecule has 7 heteroatoms. The van der Waals surface area contributed by atoms with Gasteiger partial charge < -0.3 is 15.6 Å². The smallest absolute Gasteiger partial charge is 0.410 e. The van der Waals surface area contributed by atoms with Gasteiger partial charge in [-0.3, -0.25) is 4.90 Å². The highest BCUT2D eigenvalue weighted by molar-refractivity contribution is 5.69. The molecule has 3 N–H and O–H groups in total. The zero-order chi connectivity index (χ0) is 18.8. The molecular formula is C18H26F2N2O3. The maximum Gasteiger partial charge on any atom is 0.410 e. The van der Waals surface area contributed by atoms with Gasteiger partial charge in [-0.25, -0.2) is 13.6 Å². The number of aliphatic hydroxyl groups is 1. The third-order valence-corrected chi connectivity index (χ3v) is 4.22. The van der Waals surface area contributed by atoms with Crippen LogP contribution in [-0.2, 0) is 4.74 Å². The third kappa shape index (κ3) is 4.89. The van der Waals surface area contributed by atoms with Crippen LogP contribution in [0.5, 0.6) is 0 Å². The Bertz CT molecular complexity index is 590. The monoisotopic (exact) mass is 356 g/mol. The van der Waals surface area contributed by atoms with E-state index in [-0.39, 0.29) is 13.0 Å². The van der Waals surface area contributed by atoms with Gasteiger partial charge in [-0.2, -0.15) is 0 Å². The Balaban J connectivity index is 2.11. The largest absolute Gasteiger partial charge is 0.444 e. The zero-order valence-electron chi connectivity index (χ0n) is 14.8. The van der Waals surface area contributed by atoms with E-state index in [1.807, 2.05) is 0 Å². The van der Waals surface area contributed by atoms with Crippen LogP contribution in [0.4, 0.5) is 13.6 Å². The molecule has 1 aliphatic heterocycles. The molecule has 2 unspecified atom stereocenters. The van der Waals surface area contributed by atoms with E-state index in [9.17, 15) is 18.7 Å². The van der Waals surface area contributed by atoms with Gasteiger partial charge >= 0.3 is 6.09 Å². The normalized spacial score (nSPS) is 22.5. The predicted octanol–water partition coefficient (Wildman–Crippen LogP) is 3.08. The molecule has 0 saturated carbocycles. The molecular weight excluding hydrogens is 330 g/mol. The fourth-order valence-electron chi connectivity index (χ4n) is 2.94. The van der Waals surface area contributed by atoms with E-state index < -0.39 is 42.2 Å². The number of nitrogens with zero attached hydrogens (tertiary/aromatic N) is 1. The maximum absolute atomic E-state index is 14.3. The second kappa shape index (κ2) is 7.25. The van der Waals surface area contributed by atoms with Crippen molar-refractivity contribution in [1.29, 1.82) is 0 Å². The average molecular weight is 356 g/mol. The molecule has 1 amide bonds. The number of alkyl halides is 2. The van der Waals surface area contributed by atoms with Crippen molar-refractivity contribution in [3.05, 3.63) is 35.9 Å². The van der Waals surface area contributed by atoms with Crippen LogP contribution < -0.4 is 5.73 Å². The first-order chi connectivity index (χ1) is 11.5. The number of carbonyl (C=O) groups excluding carboxylic acids is 1. The Morgan fingerprint density at radius 3 is 2.56 bits per heavy atom. The number of benzene rings is 1. The number of carbonyl (C=O) groups is 1. The Hall–Kier alpha value is -1.73. The fraction of sp³-hybridized carbons (Fsp3) is 0.611. The molecule has 0 spiro atoms. The van der Waals surface area contributed by atoms with Gasteiger partial charge in [0.25, 0.3) is 5.92 Å². The molecule has 1 fully saturated rings. The minimum absolute atomic E-state index is 0.0965. The molecule has 0 aromatic heterocycles. The summed E-state index contributed by atoms with van der Waals surface area (Å²) in [6.45, 7) is 4.94. The minimum Gasteiger partial charge on any atom is -0.444 e. The molecule has 3 atom stereocenters. The van der Waals surface area contributed by atoms with Crippen molar-refractivity contribution < 1.29 is 23.4 Å². The van der Waals surface area contributed by atoms with E-state index in [0.717, 1.165) is 4.90 Å². The number of rotatable bonds is 4. The van der Waals surface area contributed by atoms with Crippen LogP contribution in [0.3, 0.4) is 0 Å². The average Bonchev–Trinajstić information content (AvgIpc) is 2.81. The van der Waals surface area contributed by atoms with Gasteiger partial charge in [0.15, 0.2) is 0 Å². The third-order valence-electron chi connectivity index (χ3n) is 4.22. The van der Waals surface area contributed by atoms with Gasteiger partial charge in [0.1, 0.15) is 11.6 Å². The molecule has 2 rings (SSSR count). The van der Waals surface area contributed by atoms with Gasteiger partial charge in [0.05, 0.1) is 6.10 Å². The van der Waals surface area contributed by atoms with Crippen LogP contribution in [-0.4, -0.2) is 46.3 Å². The van der Waals surface area contributed by atoms with Gasteiger partial charge in [-0.05, 0) is 32.8 Å². The summed E-state index contributed by atoms with van der Waals surface area (Å²) in [5.74, 6) is -3.06. The van der Waals surface area contributed by atoms with Crippen molar-refractivity contribution >= 4 is 6.09 Å². The predicted molar refractivity (Wildman–Crippen MR) is 90.3 cm³/mol. The zero-order valence-corrected chi connectivity index (χ0v) is 14.8. The molecule has 1 heterocycles. The van der Waals surface area contributed by atoms with Gasteiger partial charge in [-0.15, -0.1) is 0 Å². The van der Waals surface area contributed by atoms with Crippen LogP contribution >= 0.6 is 0 Å². The number of hydrogen-bond donors (Lipinski definition) is 2. The highest BCUT2D eigenvalue weighted by Crippen LogP contribution is 2.38. The van der Waals surface area contributed by atoms with Crippen LogP contribution in [0.2, 0.25) is 0 Å². The molecule has 1 aromatic carbocycles. The van der Waals surface area contributed by atoms with Gasteiger partial charge in [0, 0.05) is 19.0 Å². The summed E-state index contributed by atoms with van der Waals surface area (Å²) in [4.78, 5) is 13.3. The summed E-state index contributed by atoms with van der Waals surface area (Å²) in [5, 5.41) is 10.3. The maximum atomic E-state index is 14.3. The van der Waals surface area contributed by atoms with Gasteiger partial charge in [0.2, 0.25) is 0 Å². The summed E-state index contributed by atoms with van der Waals surface area (Å²) in [6.07, 6.45) is -2.53. The Labute approximate surface area is 146 Å². The van der Waals surface area contributed by atoms with Crippen LogP contribution in [0, 0.1) is 0 Å². The van der Waals surface area contributed by atoms with Crippen molar-refractivity contribution in [2.75, 3.05) is 6.54 Å². The lowest BCUT2D eigenvalue weighted by atomic mass is 9.95. The van der Waals surface area contributed by atoms with Crippen molar-refractivity contribution in [3.63, 3.8) is 0 Å². The lowest BCUT2D eigenvalue weighted by molar-refractivity contribution is -0.0486. The fourth-order valence-corrected chi connectivity index (χ4v) is 2.94. The highest BCUT2D eigenvalue weighted by atomic mass is 19.3. The van der Waals surface area contributed by atoms with Crippen molar-refractivity contribution in [2.24, 2.45) is 5.73 Å². The number of aliphatic hydroxyl groups excluding tert-OH is 1. The Kier molecular flexibility index (Phi) is 5.68. The van der Waals surface area contributed by atoms with E-state index in [2.05, 4.69) is 0 Å². The van der Waals surface area contributed by atoms with E-state index in [1.165, 1.54) is 0 Å². The topological polar surface area (TPSA) is 75.8 Å². The molecule has 1 aliphatic rings. The Morgan fingerprint density at radius 1 is 1.40 bits per heavy atom. The summed E-state index contributed by atoms with van der Waals surface area (Å²) < 4.78 is 33.8. The molecule has 1 aromatic rings. The molecule has 5 nitrogen and oxygen atoms in total. The number of amides is 1. The van der Waals surface area contributed by atoms with Crippen LogP contribution in [0.1, 0.15) is 45.3 Å². The van der Waals surface area contributed by atoms with Gasteiger partial charge in [-0.1, -0.05) is 30.3 Å². The molecule has 140 valence electrons. The minimum atomic E-state index is -3.06. The Morgan fingerprint density at radius 2 is 2.00 bits per heavy atom. The van der Waals surface area contributed by atoms with E-state index in [4.69, 9.17) is 10.5 Å². The van der Waals surface area contributed by atoms with Crippen molar-refractivity contribution in [1.82, 2.24) is 4.90 Å². The number of hydrogen-bond acceptors (Lipinski definition) is 4. The quantitative estimate of drug-likeness (QED) is 0.869. The number of nitrogens with two attached hydrogens (primary N) is 1. The molecule has 25 heavy (non-hydrogen) atoms. The van der Waals surface area contributed by atoms with Crippen molar-refractivity contribution in [3.8, 4) is 0 Å². The number of likely N-dealkylation sites (tertiary alicyclic amines) is 1. The summed E-state index contributed by atoms with van der Waals surface area (Å²) in [6, 6.07) is 6.31. The SMILES string of the molecule is CC(C)(C)OC(=O)N1CCC(F)(F)[C@@H]1CC(N)C(O)c1ccccc1. The molecule has 1 saturated heterocycles. The van der Waals surface area contributed by atoms with E-state index in [0.29, 0.717) is 5.56 Å². The summed E-state index contributed by atoms with van der Waals surface area (Å²) in [7, 11) is 0. The molecule has 0 radical (unpaired) electrons. The lowest BCUT2D eigenvalue weighted by Gasteiger charge is -2.32. The first-order valence-corrected chi connectivity index (χ1v) is 8.37. The highest BCUT2D eigenvalue weighted by Gasteiger charge is 2.52. The second-order valence-electron chi connectivity index (χ2n) is 7.46. The first kappa shape index (κ1) is 19.6. The van der Waals surface area contributed by atoms with E-state index >= 15 is 0 Å². The van der Waals surface area contributed by atoms with Crippen LogP contribution in [0.15, 0.2) is 30.3 Å². The summed E-state index contributed by atoms with van der Waals surface area (Å²) >= 11 is 0. The standard InChI is InChI=1S/C18H26F2N2O3/c1-17(2,3)25-16(24)22-10-9-18(19,20)14(22)11-13(21)15(23)12-7-5-4-6-8-12/h4-8,13-15,23H,9-11,21H2,1-3H3/t13?,14-,15?/m0/s1. The second-order valence-corrected chi connectivity index (χ2v) is 7.46. The molecule has 0 bridgehead atoms. The number of ether oxygens (including phenoxy) is 1. The summed E-state index contributed by atoms with van der Waals surface area (Å²) in [5.41, 5.74) is 5.76. The van der Waals surface area contributed by atoms with Crippen molar-refractivity contribution in [2.45, 2.75) is 63.3 Å². The first-order valence-electron chi connectivity index (χ1n) is 8.37. The number of halogens is 2. The van der Waals surface area contributed by atoms with Crippen LogP contribution in [0.25, 0.3) is 0 Å². The molecule has 0 aliphatic carbocycles.